The van der Waals surface area contributed by atoms with Gasteiger partial charge in [0.05, 0.1) is 15.5 Å². The van der Waals surface area contributed by atoms with Gasteiger partial charge in [-0.1, -0.05) is 0 Å². The van der Waals surface area contributed by atoms with Crippen LogP contribution < -0.4 is 5.43 Å². The van der Waals surface area contributed by atoms with Crippen molar-refractivity contribution in [2.24, 2.45) is 0 Å². The number of hydrogen-bond acceptors (Lipinski definition) is 5. The monoisotopic (exact) mass is 261 g/mol. The summed E-state index contributed by atoms with van der Waals surface area (Å²) in [5.74, 6) is 0. The Morgan fingerprint density at radius 1 is 0.895 bits per heavy atom. The van der Waals surface area contributed by atoms with Crippen LogP contribution in [0.15, 0.2) is 47.5 Å². The van der Waals surface area contributed by atoms with Crippen LogP contribution in [-0.4, -0.2) is 14.4 Å². The Morgan fingerprint density at radius 2 is 1.47 bits per heavy atom. The summed E-state index contributed by atoms with van der Waals surface area (Å²) in [6.45, 7) is 0. The van der Waals surface area contributed by atoms with E-state index >= 15 is 0 Å². The summed E-state index contributed by atoms with van der Waals surface area (Å²) >= 11 is 0. The number of hydrogen-bond donors (Lipinski definition) is 0. The van der Waals surface area contributed by atoms with Gasteiger partial charge in [0, 0.05) is 36.7 Å². The Kier molecular flexibility index (Phi) is 3.06. The Balaban J connectivity index is 2.58. The second kappa shape index (κ2) is 4.69. The maximum Gasteiger partial charge on any atom is 0.348 e. The number of benzene rings is 1. The summed E-state index contributed by atoms with van der Waals surface area (Å²) in [4.78, 5) is 30.8. The second-order valence-electron chi connectivity index (χ2n) is 3.63. The van der Waals surface area contributed by atoms with Crippen LogP contribution in [0.3, 0.4) is 0 Å². The van der Waals surface area contributed by atoms with Crippen molar-refractivity contribution in [1.82, 2.24) is 4.57 Å². The molecule has 1 aromatic carbocycles. The molecule has 0 saturated carbocycles. The molecule has 0 unspecified atom stereocenters. The van der Waals surface area contributed by atoms with Gasteiger partial charge in [-0.3, -0.25) is 25.0 Å². The highest BCUT2D eigenvalue weighted by Gasteiger charge is 2.24. The Morgan fingerprint density at radius 3 is 2.00 bits per heavy atom. The van der Waals surface area contributed by atoms with Crippen LogP contribution in [0.2, 0.25) is 0 Å². The van der Waals surface area contributed by atoms with Crippen molar-refractivity contribution in [3.05, 3.63) is 73.2 Å². The predicted octanol–water partition coefficient (Wildman–Crippen LogP) is 1.65. The minimum atomic E-state index is -0.815. The first-order valence-corrected chi connectivity index (χ1v) is 5.10. The standard InChI is InChI=1S/C11H7N3O5/c15-9-3-5-12(6-4-9)8-1-2-10(13(16)17)11(7-8)14(18)19/h1-7H. The zero-order valence-corrected chi connectivity index (χ0v) is 9.42. The molecular formula is C11H7N3O5. The van der Waals surface area contributed by atoms with Crippen molar-refractivity contribution in [2.45, 2.75) is 0 Å². The molecule has 0 radical (unpaired) electrons. The molecule has 8 nitrogen and oxygen atoms in total. The van der Waals surface area contributed by atoms with Crippen molar-refractivity contribution in [1.29, 1.82) is 0 Å². The van der Waals surface area contributed by atoms with Gasteiger partial charge in [-0.05, 0) is 6.07 Å². The molecule has 0 saturated heterocycles. The molecule has 0 aliphatic rings. The van der Waals surface area contributed by atoms with Crippen molar-refractivity contribution in [3.63, 3.8) is 0 Å². The van der Waals surface area contributed by atoms with E-state index in [1.165, 1.54) is 35.2 Å². The van der Waals surface area contributed by atoms with Gasteiger partial charge < -0.3 is 4.57 Å². The van der Waals surface area contributed by atoms with Crippen molar-refractivity contribution in [3.8, 4) is 5.69 Å². The molecule has 8 heteroatoms. The molecule has 2 rings (SSSR count). The molecule has 0 N–H and O–H groups in total. The van der Waals surface area contributed by atoms with E-state index in [0.717, 1.165) is 12.1 Å². The summed E-state index contributed by atoms with van der Waals surface area (Å²) in [7, 11) is 0. The molecule has 0 bridgehead atoms. The first kappa shape index (κ1) is 12.4. The highest BCUT2D eigenvalue weighted by atomic mass is 16.6. The molecule has 96 valence electrons. The van der Waals surface area contributed by atoms with Crippen molar-refractivity contribution < 1.29 is 9.85 Å². The van der Waals surface area contributed by atoms with Gasteiger partial charge in [-0.15, -0.1) is 0 Å². The van der Waals surface area contributed by atoms with E-state index in [0.29, 0.717) is 5.69 Å². The molecular weight excluding hydrogens is 254 g/mol. The van der Waals surface area contributed by atoms with Crippen LogP contribution in [0.1, 0.15) is 0 Å². The highest BCUT2D eigenvalue weighted by Crippen LogP contribution is 2.28. The summed E-state index contributed by atoms with van der Waals surface area (Å²) in [6, 6.07) is 6.09. The summed E-state index contributed by atoms with van der Waals surface area (Å²) < 4.78 is 1.46. The predicted molar refractivity (Wildman–Crippen MR) is 65.3 cm³/mol. The average Bonchev–Trinajstić information content (AvgIpc) is 2.38. The number of nitro benzene ring substituents is 2. The molecule has 0 fully saturated rings. The highest BCUT2D eigenvalue weighted by molar-refractivity contribution is 5.57. The zero-order valence-electron chi connectivity index (χ0n) is 9.42. The van der Waals surface area contributed by atoms with Crippen LogP contribution in [0.5, 0.6) is 0 Å². The van der Waals surface area contributed by atoms with E-state index < -0.39 is 21.2 Å². The van der Waals surface area contributed by atoms with Gasteiger partial charge in [0.15, 0.2) is 5.43 Å². The molecule has 1 aromatic heterocycles. The van der Waals surface area contributed by atoms with Gasteiger partial charge in [-0.25, -0.2) is 0 Å². The number of nitro groups is 2. The zero-order chi connectivity index (χ0) is 14.0. The van der Waals surface area contributed by atoms with Gasteiger partial charge in [0.25, 0.3) is 0 Å². The molecule has 1 heterocycles. The Bertz CT molecular complexity index is 702. The fourth-order valence-electron chi connectivity index (χ4n) is 1.56. The summed E-state index contributed by atoms with van der Waals surface area (Å²) in [5.41, 5.74) is -1.01. The lowest BCUT2D eigenvalue weighted by atomic mass is 10.2. The third kappa shape index (κ3) is 2.46. The molecule has 19 heavy (non-hydrogen) atoms. The van der Waals surface area contributed by atoms with Gasteiger partial charge >= 0.3 is 11.4 Å². The molecule has 0 aliphatic heterocycles. The van der Waals surface area contributed by atoms with Gasteiger partial charge in [-0.2, -0.15) is 0 Å². The number of rotatable bonds is 3. The van der Waals surface area contributed by atoms with E-state index in [1.54, 1.807) is 0 Å². The van der Waals surface area contributed by atoms with Crippen LogP contribution in [0.4, 0.5) is 11.4 Å². The normalized spacial score (nSPS) is 10.1. The fourth-order valence-corrected chi connectivity index (χ4v) is 1.56. The van der Waals surface area contributed by atoms with E-state index in [1.807, 2.05) is 0 Å². The van der Waals surface area contributed by atoms with E-state index in [-0.39, 0.29) is 5.43 Å². The first-order valence-electron chi connectivity index (χ1n) is 5.10. The largest absolute Gasteiger partial charge is 0.348 e. The molecule has 0 spiro atoms. The number of nitrogens with zero attached hydrogens (tertiary/aromatic N) is 3. The SMILES string of the molecule is O=c1ccn(-c2ccc([N+](=O)[O-])c([N+](=O)[O-])c2)cc1. The van der Waals surface area contributed by atoms with E-state index in [2.05, 4.69) is 0 Å². The lowest BCUT2D eigenvalue weighted by molar-refractivity contribution is -0.422. The van der Waals surface area contributed by atoms with Crippen LogP contribution >= 0.6 is 0 Å². The molecule has 0 aliphatic carbocycles. The molecule has 2 aromatic rings. The summed E-state index contributed by atoms with van der Waals surface area (Å²) in [5, 5.41) is 21.5. The average molecular weight is 261 g/mol. The van der Waals surface area contributed by atoms with Crippen LogP contribution in [0.25, 0.3) is 5.69 Å². The topological polar surface area (TPSA) is 108 Å². The molecule has 0 amide bonds. The molecule has 0 atom stereocenters. The maximum absolute atomic E-state index is 11.0. The Labute approximate surface area is 105 Å². The smallest absolute Gasteiger partial charge is 0.323 e. The Hall–Kier alpha value is -3.03. The lowest BCUT2D eigenvalue weighted by Gasteiger charge is -2.05. The second-order valence-corrected chi connectivity index (χ2v) is 3.63. The van der Waals surface area contributed by atoms with Crippen LogP contribution in [0, 0.1) is 20.2 Å². The minimum absolute atomic E-state index is 0.201. The van der Waals surface area contributed by atoms with Gasteiger partial charge in [0.2, 0.25) is 0 Å². The van der Waals surface area contributed by atoms with E-state index in [4.69, 9.17) is 0 Å². The summed E-state index contributed by atoms with van der Waals surface area (Å²) in [6.07, 6.45) is 2.85. The van der Waals surface area contributed by atoms with Gasteiger partial charge in [0.1, 0.15) is 0 Å². The quantitative estimate of drug-likeness (QED) is 0.616. The number of aromatic nitrogens is 1. The first-order chi connectivity index (χ1) is 8.99. The van der Waals surface area contributed by atoms with Crippen molar-refractivity contribution >= 4 is 11.4 Å². The number of pyridine rings is 1. The fraction of sp³-hybridized carbons (Fsp3) is 0. The third-order valence-electron chi connectivity index (χ3n) is 2.45. The minimum Gasteiger partial charge on any atom is -0.323 e. The maximum atomic E-state index is 11.0. The lowest BCUT2D eigenvalue weighted by Crippen LogP contribution is -2.03. The van der Waals surface area contributed by atoms with Crippen molar-refractivity contribution in [2.75, 3.05) is 0 Å². The van der Waals surface area contributed by atoms with Crippen LogP contribution in [-0.2, 0) is 0 Å². The third-order valence-corrected chi connectivity index (χ3v) is 2.45. The van der Waals surface area contributed by atoms with E-state index in [9.17, 15) is 25.0 Å².